The second-order valence-electron chi connectivity index (χ2n) is 10.0. The molecule has 8 nitrogen and oxygen atoms in total. The van der Waals surface area contributed by atoms with Crippen LogP contribution < -0.4 is 16.4 Å². The molecule has 2 aliphatic heterocycles. The van der Waals surface area contributed by atoms with Gasteiger partial charge in [-0.05, 0) is 92.7 Å². The maximum atomic E-state index is 6.40. The van der Waals surface area contributed by atoms with Gasteiger partial charge in [0.1, 0.15) is 28.9 Å². The van der Waals surface area contributed by atoms with E-state index in [1.807, 2.05) is 37.4 Å². The molecule has 0 aliphatic carbocycles. The third-order valence-corrected chi connectivity index (χ3v) is 8.12. The van der Waals surface area contributed by atoms with Crippen molar-refractivity contribution in [2.24, 2.45) is 0 Å². The third-order valence-electron chi connectivity index (χ3n) is 7.22. The van der Waals surface area contributed by atoms with Crippen molar-refractivity contribution in [1.82, 2.24) is 30.8 Å². The normalized spacial score (nSPS) is 16.6. The maximum absolute atomic E-state index is 6.40. The lowest BCUT2D eigenvalue weighted by molar-refractivity contribution is 0.0960. The molecule has 0 amide bonds. The molecule has 0 bridgehead atoms. The van der Waals surface area contributed by atoms with Crippen LogP contribution >= 0.6 is 11.3 Å². The number of fused-ring (bicyclic) bond motifs is 1. The number of hydrogen-bond acceptors (Lipinski definition) is 8. The average Bonchev–Trinajstić information content (AvgIpc) is 3.61. The minimum Gasteiger partial charge on any atom is -0.490 e. The summed E-state index contributed by atoms with van der Waals surface area (Å²) in [7, 11) is 0. The summed E-state index contributed by atoms with van der Waals surface area (Å²) >= 11 is 1.68. The summed E-state index contributed by atoms with van der Waals surface area (Å²) in [5.41, 5.74) is 14.7. The molecule has 9 heteroatoms. The molecule has 0 unspecified atom stereocenters. The van der Waals surface area contributed by atoms with E-state index in [-0.39, 0.29) is 6.10 Å². The number of aromatic nitrogens is 4. The Morgan fingerprint density at radius 1 is 1.18 bits per heavy atom. The second-order valence-corrected chi connectivity index (χ2v) is 11.0. The minimum absolute atomic E-state index is 0.211. The van der Waals surface area contributed by atoms with E-state index >= 15 is 0 Å². The quantitative estimate of drug-likeness (QED) is 0.219. The first-order chi connectivity index (χ1) is 19.6. The highest BCUT2D eigenvalue weighted by Crippen LogP contribution is 2.35. The number of allylic oxidation sites excluding steroid dienone is 5. The SMILES string of the molecule is CC/C(=C\c1c(-c2cccs2)ccnc1N)c1n[nH]c2ccc(C3=CNC(C)=CC(OC4CCNCC4)=C3)nc12. The number of anilines is 1. The number of nitrogens with two attached hydrogens (primary N) is 1. The number of thiophene rings is 1. The molecule has 40 heavy (non-hydrogen) atoms. The lowest BCUT2D eigenvalue weighted by atomic mass is 10.0. The molecule has 0 spiro atoms. The van der Waals surface area contributed by atoms with Gasteiger partial charge in [-0.15, -0.1) is 11.3 Å². The molecular weight excluding hydrogens is 518 g/mol. The summed E-state index contributed by atoms with van der Waals surface area (Å²) in [5.74, 6) is 1.34. The van der Waals surface area contributed by atoms with E-state index in [0.717, 1.165) is 93.4 Å². The molecule has 6 heterocycles. The van der Waals surface area contributed by atoms with Crippen LogP contribution in [0.3, 0.4) is 0 Å². The van der Waals surface area contributed by atoms with E-state index in [4.69, 9.17) is 15.5 Å². The van der Waals surface area contributed by atoms with Crippen LogP contribution in [0, 0.1) is 0 Å². The molecule has 204 valence electrons. The van der Waals surface area contributed by atoms with Crippen molar-refractivity contribution in [3.8, 4) is 10.4 Å². The van der Waals surface area contributed by atoms with Crippen LogP contribution in [-0.2, 0) is 4.74 Å². The number of nitrogen functional groups attached to an aromatic ring is 1. The first-order valence-electron chi connectivity index (χ1n) is 13.7. The van der Waals surface area contributed by atoms with Crippen molar-refractivity contribution in [2.45, 2.75) is 39.2 Å². The maximum Gasteiger partial charge on any atom is 0.131 e. The number of rotatable bonds is 7. The molecule has 0 aromatic carbocycles. The molecule has 4 aromatic rings. The van der Waals surface area contributed by atoms with Gasteiger partial charge in [-0.1, -0.05) is 13.0 Å². The Hall–Kier alpha value is -4.21. The Morgan fingerprint density at radius 3 is 2.85 bits per heavy atom. The number of H-pyrrole nitrogens is 1. The molecule has 0 atom stereocenters. The molecule has 1 fully saturated rings. The third kappa shape index (κ3) is 5.43. The van der Waals surface area contributed by atoms with E-state index in [1.165, 1.54) is 0 Å². The molecular formula is C31H33N7OS. The van der Waals surface area contributed by atoms with Crippen molar-refractivity contribution in [3.05, 3.63) is 88.7 Å². The lowest BCUT2D eigenvalue weighted by Crippen LogP contribution is -2.32. The van der Waals surface area contributed by atoms with Crippen LogP contribution in [0.1, 0.15) is 50.1 Å². The monoisotopic (exact) mass is 551 g/mol. The minimum atomic E-state index is 0.211. The van der Waals surface area contributed by atoms with Crippen LogP contribution in [0.5, 0.6) is 0 Å². The van der Waals surface area contributed by atoms with Crippen LogP contribution in [0.4, 0.5) is 5.82 Å². The highest BCUT2D eigenvalue weighted by atomic mass is 32.1. The number of nitrogens with zero attached hydrogens (tertiary/aromatic N) is 3. The van der Waals surface area contributed by atoms with Gasteiger partial charge in [0.25, 0.3) is 0 Å². The Morgan fingerprint density at radius 2 is 2.05 bits per heavy atom. The summed E-state index contributed by atoms with van der Waals surface area (Å²) in [4.78, 5) is 10.6. The summed E-state index contributed by atoms with van der Waals surface area (Å²) in [6.45, 7) is 6.12. The summed E-state index contributed by atoms with van der Waals surface area (Å²) in [5, 5.41) is 16.7. The van der Waals surface area contributed by atoms with Gasteiger partial charge >= 0.3 is 0 Å². The van der Waals surface area contributed by atoms with E-state index < -0.39 is 0 Å². The van der Waals surface area contributed by atoms with Gasteiger partial charge in [0, 0.05) is 39.7 Å². The molecule has 6 rings (SSSR count). The van der Waals surface area contributed by atoms with Gasteiger partial charge in [-0.25, -0.2) is 9.97 Å². The number of aromatic amines is 1. The largest absolute Gasteiger partial charge is 0.490 e. The summed E-state index contributed by atoms with van der Waals surface area (Å²) < 4.78 is 6.40. The number of nitrogens with one attached hydrogen (secondary N) is 3. The average molecular weight is 552 g/mol. The van der Waals surface area contributed by atoms with Gasteiger partial charge in [-0.2, -0.15) is 5.10 Å². The summed E-state index contributed by atoms with van der Waals surface area (Å²) in [6.07, 6.45) is 12.9. The zero-order valence-corrected chi connectivity index (χ0v) is 23.5. The van der Waals surface area contributed by atoms with Gasteiger partial charge in [-0.3, -0.25) is 5.10 Å². The molecule has 0 saturated carbocycles. The van der Waals surface area contributed by atoms with Crippen LogP contribution in [0.2, 0.25) is 0 Å². The first kappa shape index (κ1) is 26.0. The Balaban J connectivity index is 1.37. The zero-order valence-electron chi connectivity index (χ0n) is 22.7. The predicted molar refractivity (Wildman–Crippen MR) is 164 cm³/mol. The number of piperidine rings is 1. The predicted octanol–water partition coefficient (Wildman–Crippen LogP) is 6.11. The van der Waals surface area contributed by atoms with Gasteiger partial charge in [0.15, 0.2) is 0 Å². The fraction of sp³-hybridized carbons (Fsp3) is 0.258. The molecule has 5 N–H and O–H groups in total. The second kappa shape index (κ2) is 11.5. The van der Waals surface area contributed by atoms with E-state index in [9.17, 15) is 0 Å². The van der Waals surface area contributed by atoms with Crippen molar-refractivity contribution in [2.75, 3.05) is 18.8 Å². The van der Waals surface area contributed by atoms with Crippen LogP contribution in [-0.4, -0.2) is 39.4 Å². The molecule has 0 radical (unpaired) electrons. The Kier molecular flexibility index (Phi) is 7.48. The van der Waals surface area contributed by atoms with Gasteiger partial charge < -0.3 is 21.1 Å². The zero-order chi connectivity index (χ0) is 27.5. The number of ether oxygens (including phenoxy) is 1. The highest BCUT2D eigenvalue weighted by Gasteiger charge is 2.19. The Bertz CT molecular complexity index is 1640. The van der Waals surface area contributed by atoms with E-state index in [2.05, 4.69) is 62.4 Å². The number of pyridine rings is 2. The number of hydrogen-bond donors (Lipinski definition) is 4. The standard InChI is InChI=1S/C31H33N7OS/c1-3-20(17-25-24(10-13-34-31(25)32)28-5-4-14-40-28)29-30-27(37-38-29)7-6-26(36-30)21-16-23(15-19(2)35-18-21)39-22-8-11-33-12-9-22/h4-7,10,13-18,22,33,35H,3,8-9,11-12H2,1-2H3,(H2,32,34)(H,37,38)/b20-17+. The topological polar surface area (TPSA) is 114 Å². The highest BCUT2D eigenvalue weighted by molar-refractivity contribution is 7.13. The Labute approximate surface area is 237 Å². The van der Waals surface area contributed by atoms with Crippen molar-refractivity contribution >= 4 is 45.4 Å². The molecule has 1 saturated heterocycles. The summed E-state index contributed by atoms with van der Waals surface area (Å²) in [6, 6.07) is 10.2. The van der Waals surface area contributed by atoms with E-state index in [1.54, 1.807) is 17.5 Å². The van der Waals surface area contributed by atoms with Crippen molar-refractivity contribution < 1.29 is 4.74 Å². The molecule has 2 aliphatic rings. The van der Waals surface area contributed by atoms with Crippen molar-refractivity contribution in [3.63, 3.8) is 0 Å². The fourth-order valence-corrected chi connectivity index (χ4v) is 5.85. The van der Waals surface area contributed by atoms with Gasteiger partial charge in [0.05, 0.1) is 11.2 Å². The smallest absolute Gasteiger partial charge is 0.131 e. The van der Waals surface area contributed by atoms with Crippen LogP contribution in [0.15, 0.2) is 71.7 Å². The first-order valence-corrected chi connectivity index (χ1v) is 14.6. The fourth-order valence-electron chi connectivity index (χ4n) is 5.09. The molecule has 4 aromatic heterocycles. The lowest BCUT2D eigenvalue weighted by Gasteiger charge is -2.24. The van der Waals surface area contributed by atoms with Gasteiger partial charge in [0.2, 0.25) is 0 Å². The van der Waals surface area contributed by atoms with Crippen molar-refractivity contribution in [1.29, 1.82) is 0 Å². The van der Waals surface area contributed by atoms with E-state index in [0.29, 0.717) is 5.82 Å². The van der Waals surface area contributed by atoms with Crippen LogP contribution in [0.25, 0.3) is 38.7 Å².